The Hall–Kier alpha value is -1.73. The van der Waals surface area contributed by atoms with Crippen LogP contribution in [0.3, 0.4) is 0 Å². The van der Waals surface area contributed by atoms with E-state index in [0.717, 1.165) is 0 Å². The van der Waals surface area contributed by atoms with E-state index in [1.54, 1.807) is 13.0 Å². The summed E-state index contributed by atoms with van der Waals surface area (Å²) >= 11 is 0. The number of nitrogen functional groups attached to an aromatic ring is 1. The van der Waals surface area contributed by atoms with Gasteiger partial charge < -0.3 is 10.1 Å². The van der Waals surface area contributed by atoms with E-state index in [2.05, 4.69) is 34.6 Å². The first-order valence-corrected chi connectivity index (χ1v) is 6.21. The average Bonchev–Trinajstić information content (AvgIpc) is 2.36. The number of nitrogens with zero attached hydrogens (tertiary/aromatic N) is 2. The second-order valence-corrected chi connectivity index (χ2v) is 4.59. The van der Waals surface area contributed by atoms with E-state index in [-0.39, 0.29) is 17.5 Å². The quantitative estimate of drug-likeness (QED) is 0.377. The summed E-state index contributed by atoms with van der Waals surface area (Å²) in [4.78, 5) is 19.8. The number of hydrogen-bond donors (Lipinski definition) is 3. The van der Waals surface area contributed by atoms with Crippen LogP contribution in [0.25, 0.3) is 0 Å². The van der Waals surface area contributed by atoms with Crippen LogP contribution >= 0.6 is 0 Å². The van der Waals surface area contributed by atoms with E-state index >= 15 is 0 Å². The predicted molar refractivity (Wildman–Crippen MR) is 72.6 cm³/mol. The number of nitrogens with two attached hydrogens (primary N) is 1. The molecule has 1 aromatic rings. The van der Waals surface area contributed by atoms with E-state index in [1.165, 1.54) is 0 Å². The number of nitrogens with one attached hydrogen (secondary N) is 2. The summed E-state index contributed by atoms with van der Waals surface area (Å²) in [6.07, 6.45) is 0. The molecule has 1 heterocycles. The molecule has 0 unspecified atom stereocenters. The number of rotatable bonds is 7. The van der Waals surface area contributed by atoms with Crippen molar-refractivity contribution >= 4 is 11.9 Å². The molecule has 19 heavy (non-hydrogen) atoms. The minimum atomic E-state index is -0.268. The van der Waals surface area contributed by atoms with E-state index < -0.39 is 0 Å². The summed E-state index contributed by atoms with van der Waals surface area (Å²) in [7, 11) is 0. The molecule has 0 atom stereocenters. The first kappa shape index (κ1) is 15.3. The van der Waals surface area contributed by atoms with Crippen LogP contribution in [-0.2, 0) is 4.74 Å². The maximum atomic E-state index is 11.8. The smallest absolute Gasteiger partial charge is 0.270 e. The predicted octanol–water partition coefficient (Wildman–Crippen LogP) is 0.473. The number of carbonyl (C=O) groups is 1. The number of anilines is 1. The molecule has 0 saturated carbocycles. The molecule has 0 aliphatic rings. The molecule has 0 spiro atoms. The van der Waals surface area contributed by atoms with Gasteiger partial charge in [-0.2, -0.15) is 0 Å². The Labute approximate surface area is 112 Å². The molecule has 1 aromatic heterocycles. The van der Waals surface area contributed by atoms with Crippen molar-refractivity contribution in [1.82, 2.24) is 15.3 Å². The SMILES string of the molecule is Cc1cc(C(=O)NCCOCC(C)C)nc(NN)n1. The number of carbonyl (C=O) groups excluding carboxylic acids is 1. The Morgan fingerprint density at radius 3 is 2.84 bits per heavy atom. The highest BCUT2D eigenvalue weighted by Gasteiger charge is 2.09. The molecule has 4 N–H and O–H groups in total. The standard InChI is InChI=1S/C12H21N5O2/c1-8(2)7-19-5-4-14-11(18)10-6-9(3)15-12(16-10)17-13/h6,8H,4-5,7,13H2,1-3H3,(H,14,18)(H,15,16,17). The summed E-state index contributed by atoms with van der Waals surface area (Å²) < 4.78 is 5.37. The van der Waals surface area contributed by atoms with Crippen LogP contribution in [0.15, 0.2) is 6.07 Å². The minimum absolute atomic E-state index is 0.223. The van der Waals surface area contributed by atoms with Gasteiger partial charge in [-0.1, -0.05) is 13.8 Å². The summed E-state index contributed by atoms with van der Waals surface area (Å²) in [5, 5.41) is 2.73. The van der Waals surface area contributed by atoms with Gasteiger partial charge in [0.2, 0.25) is 5.95 Å². The summed E-state index contributed by atoms with van der Waals surface area (Å²) in [6, 6.07) is 1.60. The van der Waals surface area contributed by atoms with Crippen molar-refractivity contribution in [1.29, 1.82) is 0 Å². The normalized spacial score (nSPS) is 10.6. The van der Waals surface area contributed by atoms with Gasteiger partial charge in [0.05, 0.1) is 6.61 Å². The van der Waals surface area contributed by atoms with Crippen LogP contribution in [0, 0.1) is 12.8 Å². The third-order valence-corrected chi connectivity index (χ3v) is 2.20. The summed E-state index contributed by atoms with van der Waals surface area (Å²) in [5.41, 5.74) is 3.28. The molecule has 0 aliphatic carbocycles. The molecule has 0 radical (unpaired) electrons. The van der Waals surface area contributed by atoms with Crippen molar-refractivity contribution in [3.05, 3.63) is 17.5 Å². The van der Waals surface area contributed by atoms with Crippen LogP contribution in [0.4, 0.5) is 5.95 Å². The number of hydrogen-bond acceptors (Lipinski definition) is 6. The number of amides is 1. The van der Waals surface area contributed by atoms with Gasteiger partial charge >= 0.3 is 0 Å². The Bertz CT molecular complexity index is 423. The second kappa shape index (κ2) is 7.65. The molecule has 106 valence electrons. The van der Waals surface area contributed by atoms with Gasteiger partial charge in [-0.25, -0.2) is 15.8 Å². The number of ether oxygens (including phenoxy) is 1. The summed E-state index contributed by atoms with van der Waals surface area (Å²) in [5.74, 6) is 5.67. The average molecular weight is 267 g/mol. The molecule has 0 bridgehead atoms. The van der Waals surface area contributed by atoms with Gasteiger partial charge in [0, 0.05) is 18.8 Å². The minimum Gasteiger partial charge on any atom is -0.379 e. The number of aryl methyl sites for hydroxylation is 1. The maximum absolute atomic E-state index is 11.8. The van der Waals surface area contributed by atoms with Crippen molar-refractivity contribution in [2.75, 3.05) is 25.2 Å². The Balaban J connectivity index is 2.43. The fourth-order valence-electron chi connectivity index (χ4n) is 1.40. The fraction of sp³-hybridized carbons (Fsp3) is 0.583. The molecule has 1 rings (SSSR count). The first-order valence-electron chi connectivity index (χ1n) is 6.21. The highest BCUT2D eigenvalue weighted by atomic mass is 16.5. The van der Waals surface area contributed by atoms with Gasteiger partial charge in [0.25, 0.3) is 5.91 Å². The van der Waals surface area contributed by atoms with Gasteiger partial charge in [0.1, 0.15) is 5.69 Å². The van der Waals surface area contributed by atoms with E-state index in [1.807, 2.05) is 0 Å². The van der Waals surface area contributed by atoms with Crippen LogP contribution in [0.2, 0.25) is 0 Å². The molecule has 0 aromatic carbocycles. The van der Waals surface area contributed by atoms with Crippen molar-refractivity contribution in [3.63, 3.8) is 0 Å². The lowest BCUT2D eigenvalue weighted by molar-refractivity contribution is 0.0882. The van der Waals surface area contributed by atoms with Crippen molar-refractivity contribution < 1.29 is 9.53 Å². The fourth-order valence-corrected chi connectivity index (χ4v) is 1.40. The van der Waals surface area contributed by atoms with Crippen molar-refractivity contribution in [2.45, 2.75) is 20.8 Å². The third-order valence-electron chi connectivity index (χ3n) is 2.20. The molecular weight excluding hydrogens is 246 g/mol. The highest BCUT2D eigenvalue weighted by Crippen LogP contribution is 2.03. The van der Waals surface area contributed by atoms with E-state index in [9.17, 15) is 4.79 Å². The van der Waals surface area contributed by atoms with Gasteiger partial charge in [-0.15, -0.1) is 0 Å². The van der Waals surface area contributed by atoms with Gasteiger partial charge in [0.15, 0.2) is 0 Å². The lowest BCUT2D eigenvalue weighted by Gasteiger charge is -2.08. The van der Waals surface area contributed by atoms with E-state index in [4.69, 9.17) is 10.6 Å². The lowest BCUT2D eigenvalue weighted by Crippen LogP contribution is -2.29. The monoisotopic (exact) mass is 267 g/mol. The number of hydrazine groups is 1. The van der Waals surface area contributed by atoms with Crippen LogP contribution in [-0.4, -0.2) is 35.6 Å². The zero-order chi connectivity index (χ0) is 14.3. The Morgan fingerprint density at radius 2 is 2.21 bits per heavy atom. The zero-order valence-electron chi connectivity index (χ0n) is 11.6. The first-order chi connectivity index (χ1) is 9.02. The number of aromatic nitrogens is 2. The highest BCUT2D eigenvalue weighted by molar-refractivity contribution is 5.92. The lowest BCUT2D eigenvalue weighted by atomic mass is 10.2. The van der Waals surface area contributed by atoms with Gasteiger partial charge in [-0.05, 0) is 18.9 Å². The summed E-state index contributed by atoms with van der Waals surface area (Å²) in [6.45, 7) is 7.53. The van der Waals surface area contributed by atoms with Gasteiger partial charge in [-0.3, -0.25) is 10.2 Å². The molecule has 1 amide bonds. The van der Waals surface area contributed by atoms with Crippen LogP contribution < -0.4 is 16.6 Å². The van der Waals surface area contributed by atoms with Crippen molar-refractivity contribution in [3.8, 4) is 0 Å². The maximum Gasteiger partial charge on any atom is 0.270 e. The third kappa shape index (κ3) is 5.62. The molecule has 7 nitrogen and oxygen atoms in total. The molecular formula is C12H21N5O2. The topological polar surface area (TPSA) is 102 Å². The van der Waals surface area contributed by atoms with Crippen LogP contribution in [0.5, 0.6) is 0 Å². The zero-order valence-corrected chi connectivity index (χ0v) is 11.6. The Kier molecular flexibility index (Phi) is 6.17. The van der Waals surface area contributed by atoms with Crippen LogP contribution in [0.1, 0.15) is 30.0 Å². The second-order valence-electron chi connectivity index (χ2n) is 4.59. The largest absolute Gasteiger partial charge is 0.379 e. The van der Waals surface area contributed by atoms with Crippen molar-refractivity contribution in [2.24, 2.45) is 11.8 Å². The van der Waals surface area contributed by atoms with E-state index in [0.29, 0.717) is 31.4 Å². The molecule has 0 fully saturated rings. The molecule has 7 heteroatoms. The molecule has 0 saturated heterocycles. The molecule has 0 aliphatic heterocycles. The Morgan fingerprint density at radius 1 is 1.47 bits per heavy atom.